The average molecular weight is 408 g/mol. The van der Waals surface area contributed by atoms with Gasteiger partial charge in [-0.1, -0.05) is 37.3 Å². The molecule has 1 atom stereocenters. The lowest BCUT2D eigenvalue weighted by Gasteiger charge is -2.31. The average Bonchev–Trinajstić information content (AvgIpc) is 3.17. The number of fused-ring (bicyclic) bond motifs is 1. The SMILES string of the molecule is CC1CCN(CC(O)CNC(=O)c2ccc(CN3CCc4ccccc43)cc2)CC1. The first-order chi connectivity index (χ1) is 14.6. The van der Waals surface area contributed by atoms with Crippen molar-refractivity contribution < 1.29 is 9.90 Å². The summed E-state index contributed by atoms with van der Waals surface area (Å²) >= 11 is 0. The van der Waals surface area contributed by atoms with Crippen LogP contribution in [-0.4, -0.2) is 54.7 Å². The van der Waals surface area contributed by atoms with Gasteiger partial charge in [-0.3, -0.25) is 4.79 Å². The Bertz CT molecular complexity index is 844. The number of likely N-dealkylation sites (tertiary alicyclic amines) is 1. The van der Waals surface area contributed by atoms with Gasteiger partial charge in [-0.25, -0.2) is 0 Å². The van der Waals surface area contributed by atoms with Crippen LogP contribution >= 0.6 is 0 Å². The van der Waals surface area contributed by atoms with Gasteiger partial charge in [0, 0.05) is 37.4 Å². The molecule has 2 aliphatic rings. The van der Waals surface area contributed by atoms with E-state index in [4.69, 9.17) is 0 Å². The van der Waals surface area contributed by atoms with E-state index in [-0.39, 0.29) is 12.5 Å². The van der Waals surface area contributed by atoms with Crippen LogP contribution in [0.15, 0.2) is 48.5 Å². The molecular weight excluding hydrogens is 374 g/mol. The maximum Gasteiger partial charge on any atom is 0.251 e. The van der Waals surface area contributed by atoms with Crippen LogP contribution in [0.4, 0.5) is 5.69 Å². The van der Waals surface area contributed by atoms with Crippen LogP contribution in [0.25, 0.3) is 0 Å². The molecule has 1 fully saturated rings. The van der Waals surface area contributed by atoms with Crippen molar-refractivity contribution in [3.63, 3.8) is 0 Å². The van der Waals surface area contributed by atoms with Crippen molar-refractivity contribution in [1.82, 2.24) is 10.2 Å². The third-order valence-corrected chi connectivity index (χ3v) is 6.42. The molecular formula is C25H33N3O2. The van der Waals surface area contributed by atoms with Crippen molar-refractivity contribution in [2.45, 2.75) is 38.8 Å². The molecule has 1 saturated heterocycles. The number of piperidine rings is 1. The lowest BCUT2D eigenvalue weighted by molar-refractivity contribution is 0.0795. The lowest BCUT2D eigenvalue weighted by Crippen LogP contribution is -2.43. The van der Waals surface area contributed by atoms with Crippen molar-refractivity contribution in [2.24, 2.45) is 5.92 Å². The van der Waals surface area contributed by atoms with Crippen LogP contribution in [0.5, 0.6) is 0 Å². The fraction of sp³-hybridized carbons (Fsp3) is 0.480. The summed E-state index contributed by atoms with van der Waals surface area (Å²) in [7, 11) is 0. The van der Waals surface area contributed by atoms with Gasteiger partial charge < -0.3 is 20.2 Å². The Morgan fingerprint density at radius 1 is 1.10 bits per heavy atom. The molecule has 30 heavy (non-hydrogen) atoms. The summed E-state index contributed by atoms with van der Waals surface area (Å²) in [5, 5.41) is 13.2. The third kappa shape index (κ3) is 5.21. The van der Waals surface area contributed by atoms with Gasteiger partial charge in [0.1, 0.15) is 0 Å². The zero-order valence-electron chi connectivity index (χ0n) is 17.9. The van der Waals surface area contributed by atoms with Gasteiger partial charge in [0.05, 0.1) is 6.10 Å². The van der Waals surface area contributed by atoms with Gasteiger partial charge in [0.25, 0.3) is 5.91 Å². The topological polar surface area (TPSA) is 55.8 Å². The van der Waals surface area contributed by atoms with E-state index in [9.17, 15) is 9.90 Å². The van der Waals surface area contributed by atoms with Crippen LogP contribution in [0, 0.1) is 5.92 Å². The van der Waals surface area contributed by atoms with Crippen molar-refractivity contribution in [3.8, 4) is 0 Å². The van der Waals surface area contributed by atoms with Crippen molar-refractivity contribution >= 4 is 11.6 Å². The maximum absolute atomic E-state index is 12.5. The summed E-state index contributed by atoms with van der Waals surface area (Å²) in [5.74, 6) is 0.653. The number of hydrogen-bond acceptors (Lipinski definition) is 4. The molecule has 5 heteroatoms. The Kier molecular flexibility index (Phi) is 6.70. The predicted octanol–water partition coefficient (Wildman–Crippen LogP) is 3.07. The van der Waals surface area contributed by atoms with Crippen LogP contribution in [-0.2, 0) is 13.0 Å². The summed E-state index contributed by atoms with van der Waals surface area (Å²) < 4.78 is 0. The van der Waals surface area contributed by atoms with E-state index in [1.165, 1.54) is 29.7 Å². The van der Waals surface area contributed by atoms with Gasteiger partial charge in [-0.05, 0) is 67.6 Å². The number of amides is 1. The quantitative estimate of drug-likeness (QED) is 0.741. The molecule has 0 aliphatic carbocycles. The van der Waals surface area contributed by atoms with E-state index < -0.39 is 6.10 Å². The minimum absolute atomic E-state index is 0.126. The summed E-state index contributed by atoms with van der Waals surface area (Å²) in [6.45, 7) is 7.16. The number of benzene rings is 2. The first-order valence-corrected chi connectivity index (χ1v) is 11.2. The summed E-state index contributed by atoms with van der Waals surface area (Å²) in [5.41, 5.74) is 4.56. The highest BCUT2D eigenvalue weighted by Crippen LogP contribution is 2.28. The number of aliphatic hydroxyl groups is 1. The molecule has 4 rings (SSSR count). The Morgan fingerprint density at radius 3 is 2.60 bits per heavy atom. The molecule has 5 nitrogen and oxygen atoms in total. The molecule has 0 radical (unpaired) electrons. The number of para-hydroxylation sites is 1. The Hall–Kier alpha value is -2.37. The number of rotatable bonds is 7. The Morgan fingerprint density at radius 2 is 1.83 bits per heavy atom. The highest BCUT2D eigenvalue weighted by molar-refractivity contribution is 5.94. The van der Waals surface area contributed by atoms with E-state index in [1.807, 2.05) is 24.3 Å². The third-order valence-electron chi connectivity index (χ3n) is 6.42. The lowest BCUT2D eigenvalue weighted by atomic mass is 9.99. The van der Waals surface area contributed by atoms with Gasteiger partial charge >= 0.3 is 0 Å². The first kappa shape index (κ1) is 20.9. The molecule has 2 aromatic carbocycles. The van der Waals surface area contributed by atoms with E-state index >= 15 is 0 Å². The van der Waals surface area contributed by atoms with Crippen LogP contribution in [0.3, 0.4) is 0 Å². The van der Waals surface area contributed by atoms with Crippen LogP contribution in [0.2, 0.25) is 0 Å². The highest BCUT2D eigenvalue weighted by atomic mass is 16.3. The van der Waals surface area contributed by atoms with Gasteiger partial charge in [0.15, 0.2) is 0 Å². The van der Waals surface area contributed by atoms with Gasteiger partial charge in [-0.2, -0.15) is 0 Å². The zero-order valence-corrected chi connectivity index (χ0v) is 17.9. The second-order valence-corrected chi connectivity index (χ2v) is 8.84. The minimum Gasteiger partial charge on any atom is -0.390 e. The van der Waals surface area contributed by atoms with E-state index in [2.05, 4.69) is 46.3 Å². The monoisotopic (exact) mass is 407 g/mol. The number of aliphatic hydroxyl groups excluding tert-OH is 1. The number of nitrogens with zero attached hydrogens (tertiary/aromatic N) is 2. The largest absolute Gasteiger partial charge is 0.390 e. The predicted molar refractivity (Wildman–Crippen MR) is 121 cm³/mol. The summed E-state index contributed by atoms with van der Waals surface area (Å²) in [6.07, 6.45) is 2.94. The molecule has 2 aromatic rings. The number of β-amino-alcohol motifs (C(OH)–C–C–N with tert-alkyl or cyclic N) is 1. The number of hydrogen-bond donors (Lipinski definition) is 2. The minimum atomic E-state index is -0.531. The van der Waals surface area contributed by atoms with Crippen molar-refractivity contribution in [2.75, 3.05) is 37.6 Å². The zero-order chi connectivity index (χ0) is 20.9. The second kappa shape index (κ2) is 9.63. The van der Waals surface area contributed by atoms with Crippen molar-refractivity contribution in [3.05, 3.63) is 65.2 Å². The maximum atomic E-state index is 12.5. The fourth-order valence-electron chi connectivity index (χ4n) is 4.47. The number of anilines is 1. The normalized spacial score (nSPS) is 18.3. The molecule has 1 unspecified atom stereocenters. The fourth-order valence-corrected chi connectivity index (χ4v) is 4.47. The number of carbonyl (C=O) groups excluding carboxylic acids is 1. The molecule has 2 N–H and O–H groups in total. The molecule has 0 aromatic heterocycles. The summed E-state index contributed by atoms with van der Waals surface area (Å²) in [6, 6.07) is 16.4. The standard InChI is InChI=1S/C25H33N3O2/c1-19-10-13-27(14-11-19)18-23(29)16-26-25(30)22-8-6-20(7-9-22)17-28-15-12-21-4-2-3-5-24(21)28/h2-9,19,23,29H,10-18H2,1H3,(H,26,30). The Balaban J connectivity index is 1.24. The van der Waals surface area contributed by atoms with E-state index in [1.54, 1.807) is 0 Å². The molecule has 1 amide bonds. The van der Waals surface area contributed by atoms with E-state index in [0.29, 0.717) is 12.1 Å². The number of nitrogens with one attached hydrogen (secondary N) is 1. The molecule has 160 valence electrons. The molecule has 2 heterocycles. The molecule has 0 saturated carbocycles. The first-order valence-electron chi connectivity index (χ1n) is 11.2. The Labute approximate surface area is 179 Å². The molecule has 0 spiro atoms. The molecule has 0 bridgehead atoms. The number of carbonyl (C=O) groups is 1. The smallest absolute Gasteiger partial charge is 0.251 e. The summed E-state index contributed by atoms with van der Waals surface area (Å²) in [4.78, 5) is 17.1. The van der Waals surface area contributed by atoms with Gasteiger partial charge in [0.2, 0.25) is 0 Å². The molecule has 2 aliphatic heterocycles. The van der Waals surface area contributed by atoms with Crippen LogP contribution in [0.1, 0.15) is 41.3 Å². The van der Waals surface area contributed by atoms with Crippen LogP contribution < -0.4 is 10.2 Å². The highest BCUT2D eigenvalue weighted by Gasteiger charge is 2.20. The van der Waals surface area contributed by atoms with E-state index in [0.717, 1.165) is 38.5 Å². The van der Waals surface area contributed by atoms with Gasteiger partial charge in [-0.15, -0.1) is 0 Å². The van der Waals surface area contributed by atoms with Crippen molar-refractivity contribution in [1.29, 1.82) is 0 Å². The second-order valence-electron chi connectivity index (χ2n) is 8.84.